The zero-order chi connectivity index (χ0) is 11.6. The number of hydrogen-bond acceptors (Lipinski definition) is 2. The average Bonchev–Trinajstić information content (AvgIpc) is 2.09. The molecule has 3 nitrogen and oxygen atoms in total. The third-order valence-corrected chi connectivity index (χ3v) is 3.08. The maximum atomic E-state index is 10.8. The molecule has 15 heavy (non-hydrogen) atoms. The van der Waals surface area contributed by atoms with Gasteiger partial charge in [-0.1, -0.05) is 13.8 Å². The van der Waals surface area contributed by atoms with Gasteiger partial charge < -0.3 is 10.8 Å². The van der Waals surface area contributed by atoms with E-state index < -0.39 is 5.97 Å². The normalized spacial score (nSPS) is 10.7. The minimum absolute atomic E-state index is 0.187. The van der Waals surface area contributed by atoms with Crippen molar-refractivity contribution >= 4 is 34.2 Å². The lowest BCUT2D eigenvalue weighted by Crippen LogP contribution is -2.06. The molecule has 1 aromatic carbocycles. The quantitative estimate of drug-likeness (QED) is 0.665. The first kappa shape index (κ1) is 12.3. The minimum Gasteiger partial charge on any atom is -0.478 e. The summed E-state index contributed by atoms with van der Waals surface area (Å²) in [5, 5.41) is 8.88. The number of halogens is 1. The van der Waals surface area contributed by atoms with Gasteiger partial charge in [-0.2, -0.15) is 0 Å². The Morgan fingerprint density at radius 1 is 1.53 bits per heavy atom. The van der Waals surface area contributed by atoms with Crippen LogP contribution in [0.2, 0.25) is 0 Å². The van der Waals surface area contributed by atoms with Crippen LogP contribution >= 0.6 is 22.6 Å². The Bertz CT molecular complexity index is 388. The van der Waals surface area contributed by atoms with Gasteiger partial charge in [0.05, 0.1) is 5.56 Å². The third kappa shape index (κ3) is 3.09. The number of carbonyl (C=O) groups is 1. The number of carboxylic acids is 1. The van der Waals surface area contributed by atoms with E-state index in [0.717, 1.165) is 15.6 Å². The van der Waals surface area contributed by atoms with Crippen molar-refractivity contribution < 1.29 is 9.90 Å². The lowest BCUT2D eigenvalue weighted by molar-refractivity contribution is 0.0698. The van der Waals surface area contributed by atoms with Crippen molar-refractivity contribution in [1.82, 2.24) is 0 Å². The molecule has 0 aliphatic heterocycles. The third-order valence-electron chi connectivity index (χ3n) is 2.08. The van der Waals surface area contributed by atoms with Crippen molar-refractivity contribution in [1.29, 1.82) is 0 Å². The van der Waals surface area contributed by atoms with E-state index in [1.54, 1.807) is 12.1 Å². The molecular formula is C11H14INO2. The van der Waals surface area contributed by atoms with Crippen LogP contribution in [0.25, 0.3) is 0 Å². The molecule has 0 saturated heterocycles. The molecular weight excluding hydrogens is 305 g/mol. The molecule has 1 rings (SSSR count). The van der Waals surface area contributed by atoms with Crippen molar-refractivity contribution in [2.75, 3.05) is 5.73 Å². The van der Waals surface area contributed by atoms with Crippen LogP contribution in [0.1, 0.15) is 29.8 Å². The Hall–Kier alpha value is -0.780. The standard InChI is InChI=1S/C11H14INO2/c1-6(2)3-7-4-10(13)8(11(14)15)5-9(7)12/h4-6H,3,13H2,1-2H3,(H,14,15). The highest BCUT2D eigenvalue weighted by Gasteiger charge is 2.12. The zero-order valence-electron chi connectivity index (χ0n) is 8.75. The van der Waals surface area contributed by atoms with Crippen LogP contribution in [0, 0.1) is 9.49 Å². The summed E-state index contributed by atoms with van der Waals surface area (Å²) in [5.74, 6) is -0.435. The van der Waals surface area contributed by atoms with Gasteiger partial charge in [0, 0.05) is 9.26 Å². The molecule has 3 N–H and O–H groups in total. The Balaban J connectivity index is 3.13. The smallest absolute Gasteiger partial charge is 0.337 e. The van der Waals surface area contributed by atoms with Gasteiger partial charge in [0.2, 0.25) is 0 Å². The van der Waals surface area contributed by atoms with Gasteiger partial charge in [-0.25, -0.2) is 4.79 Å². The van der Waals surface area contributed by atoms with E-state index in [0.29, 0.717) is 11.6 Å². The molecule has 0 heterocycles. The van der Waals surface area contributed by atoms with Gasteiger partial charge in [-0.15, -0.1) is 0 Å². The Morgan fingerprint density at radius 3 is 2.60 bits per heavy atom. The largest absolute Gasteiger partial charge is 0.478 e. The Kier molecular flexibility index (Phi) is 3.96. The maximum Gasteiger partial charge on any atom is 0.337 e. The lowest BCUT2D eigenvalue weighted by atomic mass is 10.0. The molecule has 0 aliphatic rings. The predicted octanol–water partition coefficient (Wildman–Crippen LogP) is 2.77. The number of nitrogen functional groups attached to an aromatic ring is 1. The average molecular weight is 319 g/mol. The lowest BCUT2D eigenvalue weighted by Gasteiger charge is -2.10. The fourth-order valence-electron chi connectivity index (χ4n) is 1.42. The summed E-state index contributed by atoms with van der Waals surface area (Å²) in [5.41, 5.74) is 7.33. The van der Waals surface area contributed by atoms with Crippen molar-refractivity contribution in [2.45, 2.75) is 20.3 Å². The second-order valence-corrected chi connectivity index (χ2v) is 5.10. The molecule has 0 aromatic heterocycles. The number of nitrogens with two attached hydrogens (primary N) is 1. The number of hydrogen-bond donors (Lipinski definition) is 2. The van der Waals surface area contributed by atoms with Crippen molar-refractivity contribution in [2.24, 2.45) is 5.92 Å². The summed E-state index contributed by atoms with van der Waals surface area (Å²) in [7, 11) is 0. The molecule has 82 valence electrons. The highest BCUT2D eigenvalue weighted by molar-refractivity contribution is 14.1. The number of carboxylic acid groups (broad SMARTS) is 1. The van der Waals surface area contributed by atoms with E-state index in [-0.39, 0.29) is 5.56 Å². The fraction of sp³-hybridized carbons (Fsp3) is 0.364. The summed E-state index contributed by atoms with van der Waals surface area (Å²) in [6.45, 7) is 4.24. The van der Waals surface area contributed by atoms with E-state index in [1.807, 2.05) is 0 Å². The summed E-state index contributed by atoms with van der Waals surface area (Å²) in [6, 6.07) is 3.40. The zero-order valence-corrected chi connectivity index (χ0v) is 10.9. The Morgan fingerprint density at radius 2 is 2.13 bits per heavy atom. The molecule has 4 heteroatoms. The first-order chi connectivity index (χ1) is 6.91. The number of aromatic carboxylic acids is 1. The van der Waals surface area contributed by atoms with Crippen LogP contribution in [0.5, 0.6) is 0 Å². The van der Waals surface area contributed by atoms with Crippen molar-refractivity contribution in [3.63, 3.8) is 0 Å². The van der Waals surface area contributed by atoms with Crippen LogP contribution in [-0.2, 0) is 6.42 Å². The van der Waals surface area contributed by atoms with Gasteiger partial charge in [0.25, 0.3) is 0 Å². The first-order valence-corrected chi connectivity index (χ1v) is 5.81. The number of benzene rings is 1. The second kappa shape index (κ2) is 4.83. The topological polar surface area (TPSA) is 63.3 Å². The van der Waals surface area contributed by atoms with Crippen LogP contribution in [0.3, 0.4) is 0 Å². The second-order valence-electron chi connectivity index (χ2n) is 3.93. The van der Waals surface area contributed by atoms with Crippen LogP contribution < -0.4 is 5.73 Å². The molecule has 0 aliphatic carbocycles. The Labute approximate surface area is 103 Å². The summed E-state index contributed by atoms with van der Waals surface area (Å²) < 4.78 is 0.966. The monoisotopic (exact) mass is 319 g/mol. The van der Waals surface area contributed by atoms with Crippen LogP contribution in [0.15, 0.2) is 12.1 Å². The maximum absolute atomic E-state index is 10.8. The molecule has 0 unspecified atom stereocenters. The highest BCUT2D eigenvalue weighted by Crippen LogP contribution is 2.23. The summed E-state index contributed by atoms with van der Waals surface area (Å²) >= 11 is 2.15. The molecule has 0 fully saturated rings. The van der Waals surface area contributed by atoms with Gasteiger partial charge in [-0.05, 0) is 52.6 Å². The van der Waals surface area contributed by atoms with Crippen molar-refractivity contribution in [3.8, 4) is 0 Å². The van der Waals surface area contributed by atoms with Crippen LogP contribution in [-0.4, -0.2) is 11.1 Å². The van der Waals surface area contributed by atoms with Gasteiger partial charge in [0.1, 0.15) is 0 Å². The fourth-order valence-corrected chi connectivity index (χ4v) is 2.11. The number of rotatable bonds is 3. The van der Waals surface area contributed by atoms with E-state index in [1.165, 1.54) is 0 Å². The van der Waals surface area contributed by atoms with Gasteiger partial charge in [0.15, 0.2) is 0 Å². The molecule has 0 bridgehead atoms. The van der Waals surface area contributed by atoms with Crippen molar-refractivity contribution in [3.05, 3.63) is 26.8 Å². The molecule has 1 aromatic rings. The van der Waals surface area contributed by atoms with Crippen LogP contribution in [0.4, 0.5) is 5.69 Å². The first-order valence-electron chi connectivity index (χ1n) is 4.73. The summed E-state index contributed by atoms with van der Waals surface area (Å²) in [4.78, 5) is 10.8. The van der Waals surface area contributed by atoms with Gasteiger partial charge in [-0.3, -0.25) is 0 Å². The van der Waals surface area contributed by atoms with E-state index in [9.17, 15) is 4.79 Å². The van der Waals surface area contributed by atoms with E-state index in [4.69, 9.17) is 10.8 Å². The highest BCUT2D eigenvalue weighted by atomic mass is 127. The molecule has 0 atom stereocenters. The SMILES string of the molecule is CC(C)Cc1cc(N)c(C(=O)O)cc1I. The van der Waals surface area contributed by atoms with E-state index in [2.05, 4.69) is 36.4 Å². The minimum atomic E-state index is -0.971. The number of anilines is 1. The molecule has 0 amide bonds. The van der Waals surface area contributed by atoms with Gasteiger partial charge >= 0.3 is 5.97 Å². The molecule has 0 spiro atoms. The summed E-state index contributed by atoms with van der Waals surface area (Å²) in [6.07, 6.45) is 0.919. The predicted molar refractivity (Wildman–Crippen MR) is 69.1 cm³/mol. The molecule has 0 saturated carbocycles. The molecule has 0 radical (unpaired) electrons. The van der Waals surface area contributed by atoms with E-state index >= 15 is 0 Å².